The molecule has 2 aliphatic heterocycles. The molecule has 0 unspecified atom stereocenters. The number of ether oxygens (including phenoxy) is 2. The fourth-order valence-electron chi connectivity index (χ4n) is 3.98. The topological polar surface area (TPSA) is 67.9 Å². The highest BCUT2D eigenvalue weighted by molar-refractivity contribution is 6.04. The molecular weight excluding hydrogens is 356 g/mol. The second-order valence-electron chi connectivity index (χ2n) is 7.80. The summed E-state index contributed by atoms with van der Waals surface area (Å²) in [6.07, 6.45) is 1.30. The van der Waals surface area contributed by atoms with E-state index in [9.17, 15) is 9.59 Å². The van der Waals surface area contributed by atoms with E-state index in [1.807, 2.05) is 56.3 Å². The molecule has 2 aromatic rings. The molecule has 2 aromatic carbocycles. The van der Waals surface area contributed by atoms with Gasteiger partial charge in [0, 0.05) is 31.1 Å². The van der Waals surface area contributed by atoms with Gasteiger partial charge in [-0.1, -0.05) is 30.3 Å². The van der Waals surface area contributed by atoms with Crippen molar-refractivity contribution >= 4 is 17.5 Å². The summed E-state index contributed by atoms with van der Waals surface area (Å²) in [4.78, 5) is 26.9. The van der Waals surface area contributed by atoms with Crippen LogP contribution in [0.1, 0.15) is 25.0 Å². The lowest BCUT2D eigenvalue weighted by atomic mass is 10.0. The molecule has 4 rings (SSSR count). The number of rotatable bonds is 4. The smallest absolute Gasteiger partial charge is 0.265 e. The fraction of sp³-hybridized carbons (Fsp3) is 0.364. The van der Waals surface area contributed by atoms with Crippen LogP contribution in [0.5, 0.6) is 11.5 Å². The molecule has 2 amide bonds. The normalized spacial score (nSPS) is 18.8. The zero-order chi connectivity index (χ0) is 19.9. The van der Waals surface area contributed by atoms with Crippen molar-refractivity contribution in [2.45, 2.75) is 38.3 Å². The lowest BCUT2D eigenvalue weighted by Gasteiger charge is -2.24. The van der Waals surface area contributed by atoms with Crippen LogP contribution in [0.2, 0.25) is 0 Å². The first-order valence-corrected chi connectivity index (χ1v) is 9.45. The second kappa shape index (κ2) is 6.86. The molecule has 0 radical (unpaired) electrons. The molecule has 6 nitrogen and oxygen atoms in total. The molecule has 0 aromatic heterocycles. The number of nitrogens with zero attached hydrogens (tertiary/aromatic N) is 1. The van der Waals surface area contributed by atoms with Gasteiger partial charge in [0.15, 0.2) is 18.1 Å². The van der Waals surface area contributed by atoms with E-state index < -0.39 is 6.04 Å². The van der Waals surface area contributed by atoms with E-state index in [0.717, 1.165) is 23.2 Å². The number of amides is 2. The Morgan fingerprint density at radius 3 is 2.71 bits per heavy atom. The van der Waals surface area contributed by atoms with Crippen molar-refractivity contribution in [2.75, 3.05) is 18.6 Å². The molecule has 0 aliphatic carbocycles. The molecule has 2 heterocycles. The molecule has 0 saturated carbocycles. The van der Waals surface area contributed by atoms with Crippen molar-refractivity contribution in [1.82, 2.24) is 5.32 Å². The Bertz CT molecular complexity index is 938. The number of anilines is 1. The van der Waals surface area contributed by atoms with Gasteiger partial charge in [0.25, 0.3) is 5.91 Å². The van der Waals surface area contributed by atoms with Crippen LogP contribution in [0.3, 0.4) is 0 Å². The van der Waals surface area contributed by atoms with Gasteiger partial charge in [-0.3, -0.25) is 14.5 Å². The van der Waals surface area contributed by atoms with Crippen molar-refractivity contribution in [3.63, 3.8) is 0 Å². The number of likely N-dealkylation sites (N-methyl/N-ethyl adjacent to an activating group) is 1. The van der Waals surface area contributed by atoms with Crippen LogP contribution in [0.25, 0.3) is 0 Å². The molecular formula is C22H24N2O4. The Labute approximate surface area is 164 Å². The van der Waals surface area contributed by atoms with Crippen LogP contribution >= 0.6 is 0 Å². The number of para-hydroxylation sites is 2. The predicted molar refractivity (Wildman–Crippen MR) is 106 cm³/mol. The Morgan fingerprint density at radius 1 is 1.18 bits per heavy atom. The maximum atomic E-state index is 13.0. The number of carbonyl (C=O) groups is 2. The first-order valence-electron chi connectivity index (χ1n) is 9.45. The van der Waals surface area contributed by atoms with E-state index in [2.05, 4.69) is 5.32 Å². The third kappa shape index (κ3) is 3.19. The predicted octanol–water partition coefficient (Wildman–Crippen LogP) is 2.48. The fourth-order valence-corrected chi connectivity index (χ4v) is 3.98. The number of carbonyl (C=O) groups excluding carboxylic acids is 2. The summed E-state index contributed by atoms with van der Waals surface area (Å²) in [5.74, 6) is 0.814. The van der Waals surface area contributed by atoms with Gasteiger partial charge in [-0.15, -0.1) is 0 Å². The monoisotopic (exact) mass is 380 g/mol. The van der Waals surface area contributed by atoms with E-state index in [4.69, 9.17) is 9.47 Å². The minimum atomic E-state index is -0.560. The summed E-state index contributed by atoms with van der Waals surface area (Å²) in [5, 5.41) is 2.65. The number of hydrogen-bond donors (Lipinski definition) is 1. The maximum absolute atomic E-state index is 13.0. The Kier molecular flexibility index (Phi) is 4.49. The van der Waals surface area contributed by atoms with Gasteiger partial charge >= 0.3 is 0 Å². The van der Waals surface area contributed by atoms with Gasteiger partial charge in [0.1, 0.15) is 11.6 Å². The standard InChI is InChI=1S/C22H24N2O4/c1-22(2)12-15-8-6-10-18(20(15)28-22)27-13-19(25)24-16-9-5-4-7-14(16)11-17(24)21(26)23-3/h4-10,17H,11-13H2,1-3H3,(H,23,26)/t17-/m0/s1. The molecule has 0 fully saturated rings. The molecule has 6 heteroatoms. The van der Waals surface area contributed by atoms with E-state index in [1.165, 1.54) is 0 Å². The van der Waals surface area contributed by atoms with Gasteiger partial charge in [0.05, 0.1) is 0 Å². The zero-order valence-electron chi connectivity index (χ0n) is 16.3. The first kappa shape index (κ1) is 18.3. The molecule has 28 heavy (non-hydrogen) atoms. The first-order chi connectivity index (χ1) is 13.4. The molecule has 146 valence electrons. The molecule has 1 N–H and O–H groups in total. The van der Waals surface area contributed by atoms with Gasteiger partial charge in [0.2, 0.25) is 5.91 Å². The average molecular weight is 380 g/mol. The van der Waals surface area contributed by atoms with E-state index in [0.29, 0.717) is 17.9 Å². The number of fused-ring (bicyclic) bond motifs is 2. The van der Waals surface area contributed by atoms with Crippen molar-refractivity contribution in [2.24, 2.45) is 0 Å². The highest BCUT2D eigenvalue weighted by Gasteiger charge is 2.38. The van der Waals surface area contributed by atoms with E-state index in [1.54, 1.807) is 11.9 Å². The Morgan fingerprint density at radius 2 is 1.93 bits per heavy atom. The van der Waals surface area contributed by atoms with Crippen molar-refractivity contribution < 1.29 is 19.1 Å². The van der Waals surface area contributed by atoms with E-state index >= 15 is 0 Å². The van der Waals surface area contributed by atoms with Crippen molar-refractivity contribution in [1.29, 1.82) is 0 Å². The number of benzene rings is 2. The lowest BCUT2D eigenvalue weighted by Crippen LogP contribution is -2.48. The zero-order valence-corrected chi connectivity index (χ0v) is 16.3. The molecule has 1 atom stereocenters. The van der Waals surface area contributed by atoms with Crippen molar-refractivity contribution in [3.05, 3.63) is 53.6 Å². The van der Waals surface area contributed by atoms with Crippen LogP contribution in [-0.4, -0.2) is 37.1 Å². The van der Waals surface area contributed by atoms with Crippen LogP contribution in [0.4, 0.5) is 5.69 Å². The van der Waals surface area contributed by atoms with Gasteiger partial charge in [-0.25, -0.2) is 0 Å². The highest BCUT2D eigenvalue weighted by atomic mass is 16.5. The highest BCUT2D eigenvalue weighted by Crippen LogP contribution is 2.42. The van der Waals surface area contributed by atoms with E-state index in [-0.39, 0.29) is 24.0 Å². The summed E-state index contributed by atoms with van der Waals surface area (Å²) in [6, 6.07) is 12.8. The quantitative estimate of drug-likeness (QED) is 0.885. The molecule has 0 spiro atoms. The molecule has 0 bridgehead atoms. The minimum absolute atomic E-state index is 0.165. The lowest BCUT2D eigenvalue weighted by molar-refractivity contribution is -0.126. The van der Waals surface area contributed by atoms with Gasteiger partial charge in [-0.2, -0.15) is 0 Å². The second-order valence-corrected chi connectivity index (χ2v) is 7.80. The summed E-state index contributed by atoms with van der Waals surface area (Å²) < 4.78 is 11.8. The molecule has 0 saturated heterocycles. The summed E-state index contributed by atoms with van der Waals surface area (Å²) in [6.45, 7) is 3.89. The van der Waals surface area contributed by atoms with Crippen LogP contribution < -0.4 is 19.7 Å². The maximum Gasteiger partial charge on any atom is 0.265 e. The SMILES string of the molecule is CNC(=O)[C@@H]1Cc2ccccc2N1C(=O)COc1cccc2c1OC(C)(C)C2. The third-order valence-corrected chi connectivity index (χ3v) is 5.20. The Balaban J connectivity index is 1.54. The van der Waals surface area contributed by atoms with Crippen LogP contribution in [-0.2, 0) is 22.4 Å². The number of hydrogen-bond acceptors (Lipinski definition) is 4. The average Bonchev–Trinajstić information content (AvgIpc) is 3.21. The third-order valence-electron chi connectivity index (χ3n) is 5.20. The summed E-state index contributed by atoms with van der Waals surface area (Å²) in [7, 11) is 1.58. The summed E-state index contributed by atoms with van der Waals surface area (Å²) in [5.41, 5.74) is 2.53. The van der Waals surface area contributed by atoms with Crippen LogP contribution in [0.15, 0.2) is 42.5 Å². The minimum Gasteiger partial charge on any atom is -0.483 e. The van der Waals surface area contributed by atoms with Gasteiger partial charge < -0.3 is 14.8 Å². The largest absolute Gasteiger partial charge is 0.483 e. The van der Waals surface area contributed by atoms with Gasteiger partial charge in [-0.05, 0) is 31.5 Å². The summed E-state index contributed by atoms with van der Waals surface area (Å²) >= 11 is 0. The number of nitrogens with one attached hydrogen (secondary N) is 1. The van der Waals surface area contributed by atoms with Crippen molar-refractivity contribution in [3.8, 4) is 11.5 Å². The Hall–Kier alpha value is -3.02. The van der Waals surface area contributed by atoms with Crippen LogP contribution in [0, 0.1) is 0 Å². The molecule has 2 aliphatic rings.